The topological polar surface area (TPSA) is 76.6 Å². The van der Waals surface area contributed by atoms with E-state index >= 15 is 0 Å². The third kappa shape index (κ3) is 3.35. The van der Waals surface area contributed by atoms with Gasteiger partial charge in [-0.15, -0.1) is 0 Å². The van der Waals surface area contributed by atoms with Crippen LogP contribution in [-0.2, 0) is 11.2 Å². The van der Waals surface area contributed by atoms with Crippen molar-refractivity contribution in [2.45, 2.75) is 25.9 Å². The predicted octanol–water partition coefficient (Wildman–Crippen LogP) is 2.28. The molecular weight excluding hydrogens is 332 g/mol. The molecule has 0 radical (unpaired) electrons. The quantitative estimate of drug-likeness (QED) is 0.911. The van der Waals surface area contributed by atoms with Gasteiger partial charge in [-0.2, -0.15) is 0 Å². The molecule has 26 heavy (non-hydrogen) atoms. The summed E-state index contributed by atoms with van der Waals surface area (Å²) in [6, 6.07) is 4.05. The maximum absolute atomic E-state index is 12.6. The van der Waals surface area contributed by atoms with Gasteiger partial charge in [0.15, 0.2) is 0 Å². The second-order valence-electron chi connectivity index (χ2n) is 7.16. The summed E-state index contributed by atoms with van der Waals surface area (Å²) in [4.78, 5) is 22.8. The molecule has 1 aromatic heterocycles. The van der Waals surface area contributed by atoms with Gasteiger partial charge in [-0.3, -0.25) is 9.78 Å². The number of fused-ring (bicyclic) bond motifs is 1. The number of carbonyl (C=O) groups is 1. The summed E-state index contributed by atoms with van der Waals surface area (Å²) in [5, 5.41) is 3.00. The predicted molar refractivity (Wildman–Crippen MR) is 97.9 cm³/mol. The highest BCUT2D eigenvalue weighted by molar-refractivity contribution is 6.04. The molecule has 0 aliphatic carbocycles. The molecule has 136 valence electrons. The van der Waals surface area contributed by atoms with Crippen molar-refractivity contribution >= 4 is 17.3 Å². The highest BCUT2D eigenvalue weighted by Crippen LogP contribution is 2.41. The molecular formula is C19H22N4O3. The number of nitrogens with zero attached hydrogens (tertiary/aromatic N) is 3. The number of rotatable bonds is 3. The van der Waals surface area contributed by atoms with Crippen molar-refractivity contribution in [3.05, 3.63) is 42.0 Å². The fourth-order valence-corrected chi connectivity index (χ4v) is 3.41. The molecule has 1 fully saturated rings. The van der Waals surface area contributed by atoms with Crippen molar-refractivity contribution in [2.75, 3.05) is 36.5 Å². The molecule has 1 saturated heterocycles. The van der Waals surface area contributed by atoms with Gasteiger partial charge in [-0.1, -0.05) is 0 Å². The third-order valence-electron chi connectivity index (χ3n) is 4.58. The summed E-state index contributed by atoms with van der Waals surface area (Å²) in [5.41, 5.74) is 2.86. The summed E-state index contributed by atoms with van der Waals surface area (Å²) < 4.78 is 11.5. The Morgan fingerprint density at radius 2 is 2.04 bits per heavy atom. The first-order valence-electron chi connectivity index (χ1n) is 8.78. The zero-order valence-corrected chi connectivity index (χ0v) is 15.0. The van der Waals surface area contributed by atoms with Gasteiger partial charge in [0.05, 0.1) is 30.8 Å². The molecule has 7 heteroatoms. The molecule has 2 aliphatic heterocycles. The van der Waals surface area contributed by atoms with Crippen LogP contribution in [0.2, 0.25) is 0 Å². The van der Waals surface area contributed by atoms with Crippen molar-refractivity contribution in [3.8, 4) is 5.75 Å². The monoisotopic (exact) mass is 354 g/mol. The standard InChI is InChI=1S/C19H22N4O3/c1-19(2)11-13-9-14(22-18(24)15-12-20-3-4-21-15)16(10-17(13)26-19)23-5-7-25-8-6-23/h3-4,9-10,12H,5-8,11H2,1-2H3,(H,22,24). The first-order valence-corrected chi connectivity index (χ1v) is 8.78. The van der Waals surface area contributed by atoms with Gasteiger partial charge in [0, 0.05) is 43.5 Å². The molecule has 0 unspecified atom stereocenters. The molecule has 3 heterocycles. The Morgan fingerprint density at radius 3 is 2.77 bits per heavy atom. The van der Waals surface area contributed by atoms with Crippen molar-refractivity contribution in [1.29, 1.82) is 0 Å². The van der Waals surface area contributed by atoms with Gasteiger partial charge < -0.3 is 19.7 Å². The number of amides is 1. The number of nitrogens with one attached hydrogen (secondary N) is 1. The van der Waals surface area contributed by atoms with Gasteiger partial charge in [0.25, 0.3) is 5.91 Å². The number of benzene rings is 1. The van der Waals surface area contributed by atoms with Crippen LogP contribution in [-0.4, -0.2) is 47.8 Å². The van der Waals surface area contributed by atoms with Gasteiger partial charge in [0.2, 0.25) is 0 Å². The molecule has 4 rings (SSSR count). The van der Waals surface area contributed by atoms with Crippen LogP contribution in [0.3, 0.4) is 0 Å². The fourth-order valence-electron chi connectivity index (χ4n) is 3.41. The minimum absolute atomic E-state index is 0.238. The molecule has 1 N–H and O–H groups in total. The van der Waals surface area contributed by atoms with E-state index in [1.807, 2.05) is 12.1 Å². The molecule has 2 aromatic rings. The second-order valence-corrected chi connectivity index (χ2v) is 7.16. The van der Waals surface area contributed by atoms with E-state index in [1.165, 1.54) is 12.4 Å². The number of ether oxygens (including phenoxy) is 2. The van der Waals surface area contributed by atoms with Crippen LogP contribution in [0.25, 0.3) is 0 Å². The van der Waals surface area contributed by atoms with Crippen molar-refractivity contribution in [2.24, 2.45) is 0 Å². The summed E-state index contributed by atoms with van der Waals surface area (Å²) in [6.45, 7) is 7.02. The lowest BCUT2D eigenvalue weighted by atomic mass is 10.0. The maximum Gasteiger partial charge on any atom is 0.275 e. The molecule has 2 aliphatic rings. The molecule has 7 nitrogen and oxygen atoms in total. The van der Waals surface area contributed by atoms with Crippen LogP contribution in [0.4, 0.5) is 11.4 Å². The van der Waals surface area contributed by atoms with E-state index in [0.717, 1.165) is 42.2 Å². The molecule has 1 amide bonds. The van der Waals surface area contributed by atoms with Crippen LogP contribution in [0.5, 0.6) is 5.75 Å². The van der Waals surface area contributed by atoms with Gasteiger partial charge in [-0.25, -0.2) is 4.98 Å². The smallest absolute Gasteiger partial charge is 0.275 e. The lowest BCUT2D eigenvalue weighted by Gasteiger charge is -2.31. The summed E-state index contributed by atoms with van der Waals surface area (Å²) in [7, 11) is 0. The number of carbonyl (C=O) groups excluding carboxylic acids is 1. The van der Waals surface area contributed by atoms with Crippen molar-refractivity contribution in [3.63, 3.8) is 0 Å². The summed E-state index contributed by atoms with van der Waals surface area (Å²) in [5.74, 6) is 0.611. The number of morpholine rings is 1. The average molecular weight is 354 g/mol. The van der Waals surface area contributed by atoms with Gasteiger partial charge >= 0.3 is 0 Å². The van der Waals surface area contributed by atoms with E-state index in [2.05, 4.69) is 34.0 Å². The molecule has 0 atom stereocenters. The lowest BCUT2D eigenvalue weighted by molar-refractivity contribution is 0.102. The second kappa shape index (κ2) is 6.57. The Labute approximate surface area is 152 Å². The largest absolute Gasteiger partial charge is 0.487 e. The molecule has 1 aromatic carbocycles. The van der Waals surface area contributed by atoms with Crippen LogP contribution in [0.1, 0.15) is 29.9 Å². The first-order chi connectivity index (χ1) is 12.5. The molecule has 0 saturated carbocycles. The number of hydrogen-bond acceptors (Lipinski definition) is 6. The Kier molecular flexibility index (Phi) is 4.24. The van der Waals surface area contributed by atoms with Crippen molar-refractivity contribution in [1.82, 2.24) is 9.97 Å². The Balaban J connectivity index is 1.68. The normalized spacial score (nSPS) is 18.2. The SMILES string of the molecule is CC1(C)Cc2cc(NC(=O)c3cnccn3)c(N3CCOCC3)cc2O1. The lowest BCUT2D eigenvalue weighted by Crippen LogP contribution is -2.36. The highest BCUT2D eigenvalue weighted by Gasteiger charge is 2.32. The van der Waals surface area contributed by atoms with E-state index in [9.17, 15) is 4.79 Å². The van der Waals surface area contributed by atoms with Gasteiger partial charge in [0.1, 0.15) is 17.0 Å². The Morgan fingerprint density at radius 1 is 1.23 bits per heavy atom. The fraction of sp³-hybridized carbons (Fsp3) is 0.421. The molecule has 0 spiro atoms. The van der Waals surface area contributed by atoms with E-state index in [0.29, 0.717) is 13.2 Å². The van der Waals surface area contributed by atoms with E-state index in [4.69, 9.17) is 9.47 Å². The van der Waals surface area contributed by atoms with E-state index in [1.54, 1.807) is 6.20 Å². The Hall–Kier alpha value is -2.67. The number of hydrogen-bond donors (Lipinski definition) is 1. The molecule has 0 bridgehead atoms. The average Bonchev–Trinajstić information content (AvgIpc) is 2.95. The zero-order chi connectivity index (χ0) is 18.1. The minimum atomic E-state index is -0.272. The van der Waals surface area contributed by atoms with Crippen LogP contribution in [0, 0.1) is 0 Å². The maximum atomic E-state index is 12.6. The first kappa shape index (κ1) is 16.8. The highest BCUT2D eigenvalue weighted by atomic mass is 16.5. The number of aromatic nitrogens is 2. The zero-order valence-electron chi connectivity index (χ0n) is 15.0. The van der Waals surface area contributed by atoms with Crippen LogP contribution in [0.15, 0.2) is 30.7 Å². The van der Waals surface area contributed by atoms with Crippen LogP contribution >= 0.6 is 0 Å². The summed E-state index contributed by atoms with van der Waals surface area (Å²) >= 11 is 0. The van der Waals surface area contributed by atoms with Gasteiger partial charge in [-0.05, 0) is 19.9 Å². The van der Waals surface area contributed by atoms with Crippen LogP contribution < -0.4 is 15.0 Å². The van der Waals surface area contributed by atoms with E-state index < -0.39 is 0 Å². The van der Waals surface area contributed by atoms with Crippen molar-refractivity contribution < 1.29 is 14.3 Å². The summed E-state index contributed by atoms with van der Waals surface area (Å²) in [6.07, 6.45) is 5.32. The van der Waals surface area contributed by atoms with E-state index in [-0.39, 0.29) is 17.2 Å². The Bertz CT molecular complexity index is 817. The number of anilines is 2. The minimum Gasteiger partial charge on any atom is -0.487 e. The third-order valence-corrected chi connectivity index (χ3v) is 4.58.